The van der Waals surface area contributed by atoms with Crippen LogP contribution in [0.4, 0.5) is 4.39 Å². The minimum absolute atomic E-state index is 0.154. The lowest BCUT2D eigenvalue weighted by molar-refractivity contribution is -0.00661. The van der Waals surface area contributed by atoms with Gasteiger partial charge in [-0.25, -0.2) is 4.39 Å². The molecule has 3 aromatic carbocycles. The molecule has 0 aliphatic heterocycles. The van der Waals surface area contributed by atoms with Crippen molar-refractivity contribution < 1.29 is 13.9 Å². The molecule has 0 aromatic heterocycles. The average molecular weight is 454 g/mol. The third-order valence-electron chi connectivity index (χ3n) is 5.93. The molecule has 2 N–H and O–H groups in total. The van der Waals surface area contributed by atoms with E-state index in [2.05, 4.69) is 0 Å². The Bertz CT molecular complexity index is 1030. The molecule has 3 nitrogen and oxygen atoms in total. The SMILES string of the molecule is NCCc1ccc(OC2CCC(OCc3cccc(Cl)c3)CC2)cc1-c1cccc(F)c1. The highest BCUT2D eigenvalue weighted by Gasteiger charge is 2.23. The number of hydrogen-bond donors (Lipinski definition) is 1. The largest absolute Gasteiger partial charge is 0.490 e. The van der Waals surface area contributed by atoms with Gasteiger partial charge in [-0.3, -0.25) is 0 Å². The lowest BCUT2D eigenvalue weighted by Gasteiger charge is -2.29. The summed E-state index contributed by atoms with van der Waals surface area (Å²) in [5.74, 6) is 0.567. The monoisotopic (exact) mass is 453 g/mol. The van der Waals surface area contributed by atoms with Crippen LogP contribution in [0.15, 0.2) is 66.7 Å². The van der Waals surface area contributed by atoms with Gasteiger partial charge in [0.15, 0.2) is 0 Å². The second kappa shape index (κ2) is 11.0. The second-order valence-corrected chi connectivity index (χ2v) is 8.76. The molecule has 0 spiro atoms. The topological polar surface area (TPSA) is 44.5 Å². The summed E-state index contributed by atoms with van der Waals surface area (Å²) in [6, 6.07) is 20.5. The van der Waals surface area contributed by atoms with Crippen LogP contribution in [0.25, 0.3) is 11.1 Å². The van der Waals surface area contributed by atoms with Crippen LogP contribution < -0.4 is 10.5 Å². The molecule has 0 bridgehead atoms. The minimum atomic E-state index is -0.247. The summed E-state index contributed by atoms with van der Waals surface area (Å²) in [4.78, 5) is 0. The lowest BCUT2D eigenvalue weighted by Crippen LogP contribution is -2.28. The highest BCUT2D eigenvalue weighted by atomic mass is 35.5. The van der Waals surface area contributed by atoms with Crippen LogP contribution in [0, 0.1) is 5.82 Å². The predicted octanol–water partition coefficient (Wildman–Crippen LogP) is 6.55. The van der Waals surface area contributed by atoms with Crippen LogP contribution in [0.3, 0.4) is 0 Å². The van der Waals surface area contributed by atoms with E-state index in [1.165, 1.54) is 6.07 Å². The summed E-state index contributed by atoms with van der Waals surface area (Å²) in [6.45, 7) is 1.12. The van der Waals surface area contributed by atoms with Crippen LogP contribution in [0.1, 0.15) is 36.8 Å². The molecule has 0 radical (unpaired) electrons. The Labute approximate surface area is 194 Å². The number of hydrogen-bond acceptors (Lipinski definition) is 3. The first kappa shape index (κ1) is 22.8. The molecule has 1 saturated carbocycles. The van der Waals surface area contributed by atoms with Gasteiger partial charge >= 0.3 is 0 Å². The molecule has 0 atom stereocenters. The van der Waals surface area contributed by atoms with Crippen molar-refractivity contribution in [1.82, 2.24) is 0 Å². The van der Waals surface area contributed by atoms with Crippen molar-refractivity contribution in [1.29, 1.82) is 0 Å². The molecule has 0 heterocycles. The maximum absolute atomic E-state index is 13.8. The van der Waals surface area contributed by atoms with Crippen molar-refractivity contribution in [3.05, 3.63) is 88.7 Å². The molecule has 168 valence electrons. The van der Waals surface area contributed by atoms with E-state index < -0.39 is 0 Å². The zero-order valence-electron chi connectivity index (χ0n) is 18.1. The average Bonchev–Trinajstić information content (AvgIpc) is 2.80. The van der Waals surface area contributed by atoms with Gasteiger partial charge in [0.05, 0.1) is 18.8 Å². The van der Waals surface area contributed by atoms with Crippen molar-refractivity contribution >= 4 is 11.6 Å². The fourth-order valence-corrected chi connectivity index (χ4v) is 4.49. The molecule has 1 aliphatic rings. The lowest BCUT2D eigenvalue weighted by atomic mass is 9.94. The number of nitrogens with two attached hydrogens (primary N) is 1. The van der Waals surface area contributed by atoms with Gasteiger partial charge in [-0.05, 0) is 97.3 Å². The maximum Gasteiger partial charge on any atom is 0.123 e. The van der Waals surface area contributed by atoms with Gasteiger partial charge in [0.2, 0.25) is 0 Å². The van der Waals surface area contributed by atoms with Gasteiger partial charge < -0.3 is 15.2 Å². The molecule has 32 heavy (non-hydrogen) atoms. The molecule has 4 rings (SSSR count). The van der Waals surface area contributed by atoms with Crippen LogP contribution >= 0.6 is 11.6 Å². The molecule has 0 amide bonds. The minimum Gasteiger partial charge on any atom is -0.490 e. The molecule has 1 fully saturated rings. The van der Waals surface area contributed by atoms with Crippen molar-refractivity contribution in [2.45, 2.75) is 50.9 Å². The van der Waals surface area contributed by atoms with E-state index in [-0.39, 0.29) is 18.0 Å². The first-order valence-corrected chi connectivity index (χ1v) is 11.6. The van der Waals surface area contributed by atoms with Gasteiger partial charge in [0, 0.05) is 5.02 Å². The van der Waals surface area contributed by atoms with Gasteiger partial charge in [0.1, 0.15) is 11.6 Å². The Kier molecular flexibility index (Phi) is 7.80. The molecule has 5 heteroatoms. The van der Waals surface area contributed by atoms with E-state index in [9.17, 15) is 4.39 Å². The van der Waals surface area contributed by atoms with E-state index in [1.807, 2.05) is 48.5 Å². The van der Waals surface area contributed by atoms with Crippen LogP contribution in [-0.2, 0) is 17.8 Å². The second-order valence-electron chi connectivity index (χ2n) is 8.33. The van der Waals surface area contributed by atoms with Crippen molar-refractivity contribution in [3.63, 3.8) is 0 Å². The smallest absolute Gasteiger partial charge is 0.123 e. The Hall–Kier alpha value is -2.40. The first-order valence-electron chi connectivity index (χ1n) is 11.2. The molecule has 1 aliphatic carbocycles. The van der Waals surface area contributed by atoms with Crippen molar-refractivity contribution in [3.8, 4) is 16.9 Å². The highest BCUT2D eigenvalue weighted by Crippen LogP contribution is 2.32. The number of ether oxygens (including phenoxy) is 2. The van der Waals surface area contributed by atoms with E-state index in [0.29, 0.717) is 13.2 Å². The number of rotatable bonds is 8. The Morgan fingerprint density at radius 2 is 1.69 bits per heavy atom. The predicted molar refractivity (Wildman–Crippen MR) is 128 cm³/mol. The van der Waals surface area contributed by atoms with Crippen LogP contribution in [0.5, 0.6) is 5.75 Å². The number of benzene rings is 3. The maximum atomic E-state index is 13.8. The number of halogens is 2. The van der Waals surface area contributed by atoms with Gasteiger partial charge in [-0.15, -0.1) is 0 Å². The zero-order chi connectivity index (χ0) is 22.3. The van der Waals surface area contributed by atoms with E-state index in [4.69, 9.17) is 26.8 Å². The molecular weight excluding hydrogens is 425 g/mol. The molecule has 0 saturated heterocycles. The Balaban J connectivity index is 1.36. The summed E-state index contributed by atoms with van der Waals surface area (Å²) in [6.07, 6.45) is 4.95. The Morgan fingerprint density at radius 3 is 2.44 bits per heavy atom. The molecule has 3 aromatic rings. The van der Waals surface area contributed by atoms with Crippen LogP contribution in [-0.4, -0.2) is 18.8 Å². The fraction of sp³-hybridized carbons (Fsp3) is 0.333. The summed E-state index contributed by atoms with van der Waals surface area (Å²) < 4.78 is 26.2. The summed E-state index contributed by atoms with van der Waals surface area (Å²) in [5, 5.41) is 0.735. The van der Waals surface area contributed by atoms with Crippen LogP contribution in [0.2, 0.25) is 5.02 Å². The van der Waals surface area contributed by atoms with Crippen molar-refractivity contribution in [2.24, 2.45) is 5.73 Å². The van der Waals surface area contributed by atoms with Gasteiger partial charge in [-0.1, -0.05) is 41.9 Å². The molecule has 0 unspecified atom stereocenters. The third kappa shape index (κ3) is 6.10. The third-order valence-corrected chi connectivity index (χ3v) is 6.16. The van der Waals surface area contributed by atoms with E-state index in [0.717, 1.165) is 65.1 Å². The van der Waals surface area contributed by atoms with E-state index >= 15 is 0 Å². The molecular formula is C27H29ClFNO2. The van der Waals surface area contributed by atoms with Gasteiger partial charge in [0.25, 0.3) is 0 Å². The fourth-order valence-electron chi connectivity index (χ4n) is 4.28. The highest BCUT2D eigenvalue weighted by molar-refractivity contribution is 6.30. The summed E-state index contributed by atoms with van der Waals surface area (Å²) >= 11 is 6.05. The quantitative estimate of drug-likeness (QED) is 0.420. The Morgan fingerprint density at radius 1 is 0.906 bits per heavy atom. The normalized spacial score (nSPS) is 18.5. The summed E-state index contributed by atoms with van der Waals surface area (Å²) in [5.41, 5.74) is 9.80. The van der Waals surface area contributed by atoms with E-state index in [1.54, 1.807) is 12.1 Å². The first-order chi connectivity index (χ1) is 15.6. The van der Waals surface area contributed by atoms with Crippen molar-refractivity contribution in [2.75, 3.05) is 6.54 Å². The summed E-state index contributed by atoms with van der Waals surface area (Å²) in [7, 11) is 0. The standard InChI is InChI=1S/C27H29ClFNO2/c28-22-5-1-3-19(15-22)18-31-24-9-11-25(12-10-24)32-26-8-7-20(13-14-30)27(17-26)21-4-2-6-23(29)16-21/h1-8,15-17,24-25H,9-14,18,30H2. The van der Waals surface area contributed by atoms with Gasteiger partial charge in [-0.2, -0.15) is 0 Å². The zero-order valence-corrected chi connectivity index (χ0v) is 18.9.